The van der Waals surface area contributed by atoms with Crippen LogP contribution >= 0.6 is 0 Å². The van der Waals surface area contributed by atoms with Crippen LogP contribution in [0, 0.1) is 5.92 Å². The third kappa shape index (κ3) is 2.76. The SMILES string of the molecule is O=C(N[C@H]1[C@H]2CCO[C@H]2[C@@H]1N1CCCCC1)c1cnc2ccccn2c1=O. The maximum atomic E-state index is 12.9. The number of likely N-dealkylation sites (tertiary alicyclic amines) is 1. The van der Waals surface area contributed by atoms with Gasteiger partial charge in [0.25, 0.3) is 11.5 Å². The van der Waals surface area contributed by atoms with Gasteiger partial charge in [-0.2, -0.15) is 0 Å². The molecule has 0 radical (unpaired) electrons. The zero-order chi connectivity index (χ0) is 18.4. The number of amides is 1. The average Bonchev–Trinajstić information content (AvgIpc) is 3.11. The molecule has 3 aliphatic rings. The summed E-state index contributed by atoms with van der Waals surface area (Å²) in [5, 5.41) is 3.14. The second-order valence-corrected chi connectivity index (χ2v) is 7.78. The summed E-state index contributed by atoms with van der Waals surface area (Å²) in [5.41, 5.74) is 0.308. The lowest BCUT2D eigenvalue weighted by atomic mass is 9.70. The summed E-state index contributed by atoms with van der Waals surface area (Å²) in [6, 6.07) is 5.59. The van der Waals surface area contributed by atoms with Crippen molar-refractivity contribution in [2.45, 2.75) is 43.9 Å². The summed E-state index contributed by atoms with van der Waals surface area (Å²) in [5.74, 6) is 0.0140. The molecule has 142 valence electrons. The minimum Gasteiger partial charge on any atom is -0.376 e. The van der Waals surface area contributed by atoms with Crippen molar-refractivity contribution >= 4 is 11.6 Å². The van der Waals surface area contributed by atoms with Crippen LogP contribution < -0.4 is 10.9 Å². The van der Waals surface area contributed by atoms with Crippen LogP contribution in [0.2, 0.25) is 0 Å². The van der Waals surface area contributed by atoms with Gasteiger partial charge < -0.3 is 10.1 Å². The number of hydrogen-bond acceptors (Lipinski definition) is 5. The molecule has 2 saturated heterocycles. The minimum absolute atomic E-state index is 0.0407. The van der Waals surface area contributed by atoms with Gasteiger partial charge in [0.05, 0.1) is 18.2 Å². The van der Waals surface area contributed by atoms with E-state index >= 15 is 0 Å². The number of piperidine rings is 1. The van der Waals surface area contributed by atoms with Gasteiger partial charge in [-0.3, -0.25) is 18.9 Å². The van der Waals surface area contributed by atoms with E-state index in [9.17, 15) is 9.59 Å². The lowest BCUT2D eigenvalue weighted by Crippen LogP contribution is -2.71. The Balaban J connectivity index is 1.39. The van der Waals surface area contributed by atoms with E-state index < -0.39 is 0 Å². The van der Waals surface area contributed by atoms with Crippen LogP contribution in [-0.4, -0.2) is 58.1 Å². The minimum atomic E-state index is -0.330. The second kappa shape index (κ2) is 6.73. The zero-order valence-corrected chi connectivity index (χ0v) is 15.2. The summed E-state index contributed by atoms with van der Waals surface area (Å²) >= 11 is 0. The topological polar surface area (TPSA) is 75.9 Å². The first-order valence-corrected chi connectivity index (χ1v) is 9.87. The van der Waals surface area contributed by atoms with Crippen molar-refractivity contribution < 1.29 is 9.53 Å². The van der Waals surface area contributed by atoms with Gasteiger partial charge in [-0.15, -0.1) is 0 Å². The molecule has 2 aromatic heterocycles. The quantitative estimate of drug-likeness (QED) is 0.877. The third-order valence-corrected chi connectivity index (χ3v) is 6.32. The molecule has 0 aromatic carbocycles. The molecular formula is C20H24N4O3. The van der Waals surface area contributed by atoms with Crippen LogP contribution in [0.5, 0.6) is 0 Å². The highest BCUT2D eigenvalue weighted by Gasteiger charge is 2.56. The molecule has 7 nitrogen and oxygen atoms in total. The van der Waals surface area contributed by atoms with Crippen LogP contribution in [0.25, 0.3) is 5.65 Å². The Morgan fingerprint density at radius 3 is 2.93 bits per heavy atom. The lowest BCUT2D eigenvalue weighted by Gasteiger charge is -2.53. The fraction of sp³-hybridized carbons (Fsp3) is 0.550. The van der Waals surface area contributed by atoms with Crippen LogP contribution in [-0.2, 0) is 4.74 Å². The van der Waals surface area contributed by atoms with Crippen LogP contribution in [0.4, 0.5) is 0 Å². The predicted molar refractivity (Wildman–Crippen MR) is 99.8 cm³/mol. The van der Waals surface area contributed by atoms with Crippen molar-refractivity contribution in [1.29, 1.82) is 0 Å². The Morgan fingerprint density at radius 1 is 1.22 bits per heavy atom. The number of ether oxygens (including phenoxy) is 1. The van der Waals surface area contributed by atoms with Gasteiger partial charge in [-0.05, 0) is 44.5 Å². The zero-order valence-electron chi connectivity index (χ0n) is 15.2. The van der Waals surface area contributed by atoms with E-state index in [1.807, 2.05) is 6.07 Å². The second-order valence-electron chi connectivity index (χ2n) is 7.78. The molecule has 2 aliphatic heterocycles. The number of nitrogens with zero attached hydrogens (tertiary/aromatic N) is 3. The molecule has 3 fully saturated rings. The van der Waals surface area contributed by atoms with E-state index in [1.165, 1.54) is 29.9 Å². The van der Waals surface area contributed by atoms with Gasteiger partial charge in [0, 0.05) is 24.9 Å². The van der Waals surface area contributed by atoms with E-state index in [4.69, 9.17) is 4.74 Å². The number of aromatic nitrogens is 2. The number of pyridine rings is 1. The molecule has 0 unspecified atom stereocenters. The van der Waals surface area contributed by atoms with Crippen molar-refractivity contribution in [3.63, 3.8) is 0 Å². The fourth-order valence-corrected chi connectivity index (χ4v) is 4.93. The molecule has 1 N–H and O–H groups in total. The summed E-state index contributed by atoms with van der Waals surface area (Å²) in [4.78, 5) is 32.3. The molecule has 1 amide bonds. The number of carbonyl (C=O) groups is 1. The van der Waals surface area contributed by atoms with Gasteiger partial charge in [0.15, 0.2) is 0 Å². The molecule has 7 heteroatoms. The highest BCUT2D eigenvalue weighted by molar-refractivity contribution is 5.94. The van der Waals surface area contributed by atoms with Gasteiger partial charge in [0.2, 0.25) is 0 Å². The van der Waals surface area contributed by atoms with Gasteiger partial charge in [0.1, 0.15) is 11.2 Å². The number of fused-ring (bicyclic) bond motifs is 2. The van der Waals surface area contributed by atoms with E-state index in [0.29, 0.717) is 11.6 Å². The number of rotatable bonds is 3. The maximum Gasteiger partial charge on any atom is 0.270 e. The highest BCUT2D eigenvalue weighted by atomic mass is 16.5. The van der Waals surface area contributed by atoms with E-state index in [2.05, 4.69) is 15.2 Å². The Hall–Kier alpha value is -2.25. The van der Waals surface area contributed by atoms with E-state index in [1.54, 1.807) is 18.3 Å². The standard InChI is InChI=1S/C20H24N4O3/c25-19(14-12-21-15-6-2-5-10-24(15)20(14)26)22-16-13-7-11-27-18(13)17(16)23-8-3-1-4-9-23/h2,5-6,10,12-13,16-18H,1,3-4,7-9,11H2,(H,22,25)/t13-,16+,17-,18-/m1/s1. The molecule has 0 spiro atoms. The van der Waals surface area contributed by atoms with Crippen molar-refractivity contribution in [1.82, 2.24) is 19.6 Å². The summed E-state index contributed by atoms with van der Waals surface area (Å²) < 4.78 is 7.36. The van der Waals surface area contributed by atoms with Crippen LogP contribution in [0.3, 0.4) is 0 Å². The van der Waals surface area contributed by atoms with Crippen molar-refractivity contribution in [3.8, 4) is 0 Å². The third-order valence-electron chi connectivity index (χ3n) is 6.32. The summed E-state index contributed by atoms with van der Waals surface area (Å²) in [6.07, 6.45) is 7.88. The van der Waals surface area contributed by atoms with Crippen molar-refractivity contribution in [2.24, 2.45) is 5.92 Å². The predicted octanol–water partition coefficient (Wildman–Crippen LogP) is 1.07. The van der Waals surface area contributed by atoms with Gasteiger partial charge >= 0.3 is 0 Å². The molecule has 1 saturated carbocycles. The highest BCUT2D eigenvalue weighted by Crippen LogP contribution is 2.42. The molecule has 2 aromatic rings. The maximum absolute atomic E-state index is 12.9. The number of nitrogens with one attached hydrogen (secondary N) is 1. The summed E-state index contributed by atoms with van der Waals surface area (Å²) in [7, 11) is 0. The molecule has 4 heterocycles. The Bertz CT molecular complexity index is 921. The first-order chi connectivity index (χ1) is 13.2. The largest absolute Gasteiger partial charge is 0.376 e. The number of carbonyl (C=O) groups excluding carboxylic acids is 1. The van der Waals surface area contributed by atoms with Crippen molar-refractivity contribution in [2.75, 3.05) is 19.7 Å². The molecule has 0 bridgehead atoms. The van der Waals surface area contributed by atoms with Gasteiger partial charge in [-0.1, -0.05) is 12.5 Å². The lowest BCUT2D eigenvalue weighted by molar-refractivity contribution is -0.0862. The average molecular weight is 368 g/mol. The normalized spacial score (nSPS) is 30.7. The number of hydrogen-bond donors (Lipinski definition) is 1. The fourth-order valence-electron chi connectivity index (χ4n) is 4.93. The monoisotopic (exact) mass is 368 g/mol. The Kier molecular flexibility index (Phi) is 4.21. The first kappa shape index (κ1) is 16.9. The summed E-state index contributed by atoms with van der Waals surface area (Å²) in [6.45, 7) is 2.87. The smallest absolute Gasteiger partial charge is 0.270 e. The first-order valence-electron chi connectivity index (χ1n) is 9.87. The van der Waals surface area contributed by atoms with Crippen LogP contribution in [0.15, 0.2) is 35.4 Å². The van der Waals surface area contributed by atoms with E-state index in [0.717, 1.165) is 26.1 Å². The molecule has 27 heavy (non-hydrogen) atoms. The Labute approximate surface area is 157 Å². The van der Waals surface area contributed by atoms with Gasteiger partial charge in [-0.25, -0.2) is 4.98 Å². The molecular weight excluding hydrogens is 344 g/mol. The molecule has 4 atom stereocenters. The molecule has 5 rings (SSSR count). The Morgan fingerprint density at radius 2 is 2.07 bits per heavy atom. The van der Waals surface area contributed by atoms with Crippen molar-refractivity contribution in [3.05, 3.63) is 46.5 Å². The van der Waals surface area contributed by atoms with E-state index in [-0.39, 0.29) is 35.2 Å². The van der Waals surface area contributed by atoms with Crippen LogP contribution in [0.1, 0.15) is 36.0 Å². The molecule has 1 aliphatic carbocycles.